The summed E-state index contributed by atoms with van der Waals surface area (Å²) in [7, 11) is 0. The Morgan fingerprint density at radius 1 is 1.03 bits per heavy atom. The second-order valence-corrected chi connectivity index (χ2v) is 7.86. The highest BCUT2D eigenvalue weighted by Gasteiger charge is 2.10. The highest BCUT2D eigenvalue weighted by Crippen LogP contribution is 2.16. The van der Waals surface area contributed by atoms with Gasteiger partial charge in [0, 0.05) is 36.6 Å². The molecule has 3 rings (SSSR count). The van der Waals surface area contributed by atoms with Crippen molar-refractivity contribution in [2.75, 3.05) is 56.6 Å². The van der Waals surface area contributed by atoms with Gasteiger partial charge in [0.1, 0.15) is 0 Å². The molecule has 0 saturated carbocycles. The van der Waals surface area contributed by atoms with E-state index in [4.69, 9.17) is 4.74 Å². The third kappa shape index (κ3) is 7.38. The van der Waals surface area contributed by atoms with Gasteiger partial charge in [-0.05, 0) is 62.7 Å². The lowest BCUT2D eigenvalue weighted by atomic mass is 10.1. The summed E-state index contributed by atoms with van der Waals surface area (Å²) in [6.07, 6.45) is 0.910. The van der Waals surface area contributed by atoms with E-state index in [2.05, 4.69) is 26.9 Å². The van der Waals surface area contributed by atoms with Crippen molar-refractivity contribution in [1.29, 1.82) is 0 Å². The van der Waals surface area contributed by atoms with Gasteiger partial charge in [0.25, 0.3) is 5.91 Å². The Morgan fingerprint density at radius 3 is 2.48 bits per heavy atom. The number of anilines is 2. The van der Waals surface area contributed by atoms with Gasteiger partial charge in [-0.15, -0.1) is 0 Å². The van der Waals surface area contributed by atoms with E-state index in [1.807, 2.05) is 26.0 Å². The van der Waals surface area contributed by atoms with Crippen LogP contribution < -0.4 is 16.0 Å². The fourth-order valence-corrected chi connectivity index (χ4v) is 3.53. The van der Waals surface area contributed by atoms with Crippen LogP contribution in [0.2, 0.25) is 0 Å². The SMILES string of the molecule is Cc1ccc(NCC(=O)Nc2ccc(C(=O)NCCCN3CCOCC3)cc2)c(C)c1. The minimum absolute atomic E-state index is 0.101. The van der Waals surface area contributed by atoms with Gasteiger partial charge in [0.05, 0.1) is 19.8 Å². The lowest BCUT2D eigenvalue weighted by Gasteiger charge is -2.26. The van der Waals surface area contributed by atoms with Gasteiger partial charge in [0.15, 0.2) is 0 Å². The molecule has 1 aliphatic heterocycles. The molecule has 2 aromatic rings. The van der Waals surface area contributed by atoms with E-state index in [1.165, 1.54) is 5.56 Å². The number of rotatable bonds is 9. The van der Waals surface area contributed by atoms with Crippen LogP contribution in [0.4, 0.5) is 11.4 Å². The Balaban J connectivity index is 1.38. The molecule has 0 radical (unpaired) electrons. The Morgan fingerprint density at radius 2 is 1.77 bits per heavy atom. The molecule has 1 aliphatic rings. The molecule has 7 heteroatoms. The second kappa shape index (κ2) is 11.5. The van der Waals surface area contributed by atoms with Crippen molar-refractivity contribution in [1.82, 2.24) is 10.2 Å². The van der Waals surface area contributed by atoms with Crippen molar-refractivity contribution in [2.24, 2.45) is 0 Å². The van der Waals surface area contributed by atoms with Gasteiger partial charge in [0.2, 0.25) is 5.91 Å². The fraction of sp³-hybridized carbons (Fsp3) is 0.417. The van der Waals surface area contributed by atoms with Gasteiger partial charge < -0.3 is 20.7 Å². The van der Waals surface area contributed by atoms with Crippen LogP contribution in [0.25, 0.3) is 0 Å². The lowest BCUT2D eigenvalue weighted by molar-refractivity contribution is -0.114. The lowest BCUT2D eigenvalue weighted by Crippen LogP contribution is -2.38. The molecule has 0 aliphatic carbocycles. The van der Waals surface area contributed by atoms with Crippen LogP contribution in [-0.2, 0) is 9.53 Å². The van der Waals surface area contributed by atoms with Crippen LogP contribution in [0, 0.1) is 13.8 Å². The molecule has 0 atom stereocenters. The number of hydrogen-bond acceptors (Lipinski definition) is 5. The smallest absolute Gasteiger partial charge is 0.251 e. The number of aryl methyl sites for hydroxylation is 2. The molecule has 1 fully saturated rings. The maximum Gasteiger partial charge on any atom is 0.251 e. The Labute approximate surface area is 184 Å². The predicted octanol–water partition coefficient (Wildman–Crippen LogP) is 2.81. The summed E-state index contributed by atoms with van der Waals surface area (Å²) in [5.74, 6) is -0.239. The van der Waals surface area contributed by atoms with E-state index >= 15 is 0 Å². The summed E-state index contributed by atoms with van der Waals surface area (Å²) in [5, 5.41) is 8.96. The number of ether oxygens (including phenoxy) is 1. The van der Waals surface area contributed by atoms with Crippen LogP contribution in [0.3, 0.4) is 0 Å². The van der Waals surface area contributed by atoms with Crippen LogP contribution in [0.5, 0.6) is 0 Å². The standard InChI is InChI=1S/C24H32N4O3/c1-18-4-9-22(19(2)16-18)26-17-23(29)27-21-7-5-20(6-8-21)24(30)25-10-3-11-28-12-14-31-15-13-28/h4-9,16,26H,3,10-15,17H2,1-2H3,(H,25,30)(H,27,29). The number of nitrogens with one attached hydrogen (secondary N) is 3. The van der Waals surface area contributed by atoms with Crippen LogP contribution >= 0.6 is 0 Å². The molecule has 0 unspecified atom stereocenters. The van der Waals surface area contributed by atoms with E-state index in [0.717, 1.165) is 50.5 Å². The number of carbonyl (C=O) groups is 2. The summed E-state index contributed by atoms with van der Waals surface area (Å²) in [4.78, 5) is 26.9. The average molecular weight is 425 g/mol. The van der Waals surface area contributed by atoms with Crippen molar-refractivity contribution in [2.45, 2.75) is 20.3 Å². The van der Waals surface area contributed by atoms with Crippen molar-refractivity contribution in [3.05, 3.63) is 59.2 Å². The third-order valence-electron chi connectivity index (χ3n) is 5.29. The first kappa shape index (κ1) is 22.8. The predicted molar refractivity (Wildman–Crippen MR) is 124 cm³/mol. The number of nitrogens with zero attached hydrogens (tertiary/aromatic N) is 1. The molecular formula is C24H32N4O3. The van der Waals surface area contributed by atoms with Crippen LogP contribution in [0.1, 0.15) is 27.9 Å². The number of carbonyl (C=O) groups excluding carboxylic acids is 2. The van der Waals surface area contributed by atoms with E-state index in [9.17, 15) is 9.59 Å². The van der Waals surface area contributed by atoms with E-state index in [1.54, 1.807) is 24.3 Å². The molecule has 1 saturated heterocycles. The van der Waals surface area contributed by atoms with Crippen molar-refractivity contribution in [3.8, 4) is 0 Å². The van der Waals surface area contributed by atoms with Gasteiger partial charge in [-0.25, -0.2) is 0 Å². The Hall–Kier alpha value is -2.90. The van der Waals surface area contributed by atoms with E-state index in [0.29, 0.717) is 17.8 Å². The molecule has 7 nitrogen and oxygen atoms in total. The second-order valence-electron chi connectivity index (χ2n) is 7.86. The summed E-state index contributed by atoms with van der Waals surface area (Å²) in [6, 6.07) is 13.0. The number of amides is 2. The van der Waals surface area contributed by atoms with Gasteiger partial charge in [-0.3, -0.25) is 14.5 Å². The molecule has 166 valence electrons. The zero-order chi connectivity index (χ0) is 22.1. The Bertz CT molecular complexity index is 877. The third-order valence-corrected chi connectivity index (χ3v) is 5.29. The first-order chi connectivity index (χ1) is 15.0. The van der Waals surface area contributed by atoms with Crippen molar-refractivity contribution >= 4 is 23.2 Å². The zero-order valence-electron chi connectivity index (χ0n) is 18.4. The molecule has 3 N–H and O–H groups in total. The summed E-state index contributed by atoms with van der Waals surface area (Å²) >= 11 is 0. The zero-order valence-corrected chi connectivity index (χ0v) is 18.4. The summed E-state index contributed by atoms with van der Waals surface area (Å²) in [6.45, 7) is 9.33. The highest BCUT2D eigenvalue weighted by atomic mass is 16.5. The molecule has 0 bridgehead atoms. The Kier molecular flexibility index (Phi) is 8.44. The normalized spacial score (nSPS) is 14.1. The molecule has 2 aromatic carbocycles. The van der Waals surface area contributed by atoms with Crippen LogP contribution in [0.15, 0.2) is 42.5 Å². The maximum absolute atomic E-state index is 12.3. The summed E-state index contributed by atoms with van der Waals surface area (Å²) < 4.78 is 5.34. The first-order valence-corrected chi connectivity index (χ1v) is 10.8. The van der Waals surface area contributed by atoms with Crippen LogP contribution in [-0.4, -0.2) is 62.7 Å². The van der Waals surface area contributed by atoms with E-state index < -0.39 is 0 Å². The first-order valence-electron chi connectivity index (χ1n) is 10.8. The molecule has 0 aromatic heterocycles. The minimum Gasteiger partial charge on any atom is -0.379 e. The molecular weight excluding hydrogens is 392 g/mol. The monoisotopic (exact) mass is 424 g/mol. The van der Waals surface area contributed by atoms with E-state index in [-0.39, 0.29) is 18.4 Å². The van der Waals surface area contributed by atoms with Gasteiger partial charge in [-0.2, -0.15) is 0 Å². The van der Waals surface area contributed by atoms with Gasteiger partial charge in [-0.1, -0.05) is 17.7 Å². The molecule has 1 heterocycles. The highest BCUT2D eigenvalue weighted by molar-refractivity contribution is 5.96. The van der Waals surface area contributed by atoms with Crippen molar-refractivity contribution in [3.63, 3.8) is 0 Å². The number of benzene rings is 2. The largest absolute Gasteiger partial charge is 0.379 e. The molecule has 2 amide bonds. The topological polar surface area (TPSA) is 82.7 Å². The van der Waals surface area contributed by atoms with Crippen molar-refractivity contribution < 1.29 is 14.3 Å². The molecule has 0 spiro atoms. The van der Waals surface area contributed by atoms with Gasteiger partial charge >= 0.3 is 0 Å². The summed E-state index contributed by atoms with van der Waals surface area (Å²) in [5.41, 5.74) is 4.48. The quantitative estimate of drug-likeness (QED) is 0.539. The maximum atomic E-state index is 12.3. The average Bonchev–Trinajstić information content (AvgIpc) is 2.77. The number of morpholine rings is 1. The fourth-order valence-electron chi connectivity index (χ4n) is 3.53. The molecule has 31 heavy (non-hydrogen) atoms. The number of hydrogen-bond donors (Lipinski definition) is 3. The minimum atomic E-state index is -0.139.